The highest BCUT2D eigenvalue weighted by molar-refractivity contribution is 5.97. The molecule has 19 heavy (non-hydrogen) atoms. The third kappa shape index (κ3) is 5.44. The summed E-state index contributed by atoms with van der Waals surface area (Å²) < 4.78 is 0. The average Bonchev–Trinajstić information content (AvgIpc) is 2.38. The van der Waals surface area contributed by atoms with E-state index in [-0.39, 0.29) is 31.0 Å². The van der Waals surface area contributed by atoms with Crippen LogP contribution in [-0.2, 0) is 9.59 Å². The van der Waals surface area contributed by atoms with Crippen molar-refractivity contribution in [1.82, 2.24) is 5.32 Å². The van der Waals surface area contributed by atoms with Crippen molar-refractivity contribution in [2.75, 3.05) is 6.54 Å². The number of carbonyl (C=O) groups excluding carboxylic acids is 2. The second kappa shape index (κ2) is 7.43. The van der Waals surface area contributed by atoms with E-state index in [1.807, 2.05) is 0 Å². The van der Waals surface area contributed by atoms with Gasteiger partial charge in [0.05, 0.1) is 6.54 Å². The molecule has 0 amide bonds. The molecule has 0 heterocycles. The van der Waals surface area contributed by atoms with Gasteiger partial charge in [0.1, 0.15) is 11.8 Å². The van der Waals surface area contributed by atoms with Gasteiger partial charge in [-0.3, -0.25) is 14.9 Å². The van der Waals surface area contributed by atoms with Crippen LogP contribution in [0.3, 0.4) is 0 Å². The van der Waals surface area contributed by atoms with Crippen molar-refractivity contribution < 1.29 is 19.5 Å². The molecule has 0 aliphatic carbocycles. The Balaban J connectivity index is 2.50. The van der Waals surface area contributed by atoms with E-state index in [0.29, 0.717) is 5.56 Å². The van der Waals surface area contributed by atoms with Crippen LogP contribution in [0.4, 0.5) is 0 Å². The number of nitrogens with one attached hydrogen (secondary N) is 1. The van der Waals surface area contributed by atoms with Gasteiger partial charge in [-0.05, 0) is 13.3 Å². The van der Waals surface area contributed by atoms with Gasteiger partial charge < -0.3 is 9.90 Å². The van der Waals surface area contributed by atoms with Gasteiger partial charge in [-0.1, -0.05) is 30.3 Å². The summed E-state index contributed by atoms with van der Waals surface area (Å²) in [5.74, 6) is -1.29. The number of rotatable bonds is 8. The molecular weight excluding hydrogens is 246 g/mol. The van der Waals surface area contributed by atoms with Crippen molar-refractivity contribution >= 4 is 17.5 Å². The van der Waals surface area contributed by atoms with Gasteiger partial charge in [0.15, 0.2) is 5.78 Å². The maximum Gasteiger partial charge on any atom is 0.320 e. The van der Waals surface area contributed by atoms with Crippen LogP contribution >= 0.6 is 0 Å². The normalized spacial score (nSPS) is 11.8. The van der Waals surface area contributed by atoms with Gasteiger partial charge in [-0.25, -0.2) is 0 Å². The number of ketones is 2. The minimum absolute atomic E-state index is 0.0567. The second-order valence-electron chi connectivity index (χ2n) is 4.30. The molecular formula is C14H17NO4. The molecule has 2 N–H and O–H groups in total. The van der Waals surface area contributed by atoms with E-state index in [9.17, 15) is 14.4 Å². The summed E-state index contributed by atoms with van der Waals surface area (Å²) in [6.07, 6.45) is 0.371. The van der Waals surface area contributed by atoms with Crippen molar-refractivity contribution in [2.45, 2.75) is 25.8 Å². The lowest BCUT2D eigenvalue weighted by atomic mass is 10.1. The van der Waals surface area contributed by atoms with Gasteiger partial charge in [0, 0.05) is 12.0 Å². The Labute approximate surface area is 111 Å². The third-order valence-corrected chi connectivity index (χ3v) is 2.69. The molecule has 102 valence electrons. The van der Waals surface area contributed by atoms with Crippen LogP contribution in [0.1, 0.15) is 30.1 Å². The molecule has 5 heteroatoms. The maximum absolute atomic E-state index is 11.8. The highest BCUT2D eigenvalue weighted by Gasteiger charge is 2.18. The van der Waals surface area contributed by atoms with E-state index in [1.54, 1.807) is 30.3 Å². The Hall–Kier alpha value is -2.01. The minimum atomic E-state index is -1.05. The van der Waals surface area contributed by atoms with Gasteiger partial charge in [0.25, 0.3) is 0 Å². The monoisotopic (exact) mass is 263 g/mol. The van der Waals surface area contributed by atoms with Crippen molar-refractivity contribution in [1.29, 1.82) is 0 Å². The average molecular weight is 263 g/mol. The molecule has 1 aromatic rings. The number of carboxylic acid groups (broad SMARTS) is 1. The summed E-state index contributed by atoms with van der Waals surface area (Å²) in [4.78, 5) is 33.6. The predicted molar refractivity (Wildman–Crippen MR) is 70.1 cm³/mol. The molecule has 0 spiro atoms. The topological polar surface area (TPSA) is 83.5 Å². The number of hydrogen-bond acceptors (Lipinski definition) is 4. The summed E-state index contributed by atoms with van der Waals surface area (Å²) >= 11 is 0. The molecule has 1 aromatic carbocycles. The highest BCUT2D eigenvalue weighted by atomic mass is 16.4. The highest BCUT2D eigenvalue weighted by Crippen LogP contribution is 2.02. The maximum atomic E-state index is 11.8. The molecule has 0 radical (unpaired) electrons. The summed E-state index contributed by atoms with van der Waals surface area (Å²) in [5, 5.41) is 11.7. The number of benzene rings is 1. The summed E-state index contributed by atoms with van der Waals surface area (Å²) in [6.45, 7) is 1.35. The van der Waals surface area contributed by atoms with Gasteiger partial charge in [-0.15, -0.1) is 0 Å². The first-order valence-corrected chi connectivity index (χ1v) is 6.04. The molecule has 0 fully saturated rings. The zero-order valence-electron chi connectivity index (χ0n) is 10.8. The number of carbonyl (C=O) groups is 3. The molecule has 0 unspecified atom stereocenters. The molecule has 0 saturated heterocycles. The first-order valence-electron chi connectivity index (χ1n) is 6.04. The van der Waals surface area contributed by atoms with E-state index in [0.717, 1.165) is 0 Å². The van der Waals surface area contributed by atoms with Crippen molar-refractivity contribution in [3.8, 4) is 0 Å². The Kier molecular flexibility index (Phi) is 5.89. The Morgan fingerprint density at radius 2 is 1.84 bits per heavy atom. The van der Waals surface area contributed by atoms with E-state index >= 15 is 0 Å². The standard InChI is InChI=1S/C14H17NO4/c1-10(16)7-8-12(14(18)19)15-9-13(17)11-5-3-2-4-6-11/h2-6,12,15H,7-9H2,1H3,(H,18,19)/t12-/m0/s1. The fraction of sp³-hybridized carbons (Fsp3) is 0.357. The smallest absolute Gasteiger partial charge is 0.320 e. The predicted octanol–water partition coefficient (Wildman–Crippen LogP) is 1.28. The molecule has 1 rings (SSSR count). The summed E-state index contributed by atoms with van der Waals surface area (Å²) in [5.41, 5.74) is 0.533. The fourth-order valence-corrected chi connectivity index (χ4v) is 1.60. The Bertz CT molecular complexity index is 456. The van der Waals surface area contributed by atoms with Crippen LogP contribution < -0.4 is 5.32 Å². The number of hydrogen-bond donors (Lipinski definition) is 2. The van der Waals surface area contributed by atoms with Crippen molar-refractivity contribution in [2.24, 2.45) is 0 Å². The first-order chi connectivity index (χ1) is 9.00. The molecule has 0 aliphatic rings. The number of aliphatic carboxylic acids is 1. The zero-order chi connectivity index (χ0) is 14.3. The van der Waals surface area contributed by atoms with Gasteiger partial charge in [-0.2, -0.15) is 0 Å². The van der Waals surface area contributed by atoms with Crippen LogP contribution in [-0.4, -0.2) is 35.2 Å². The first kappa shape index (κ1) is 15.0. The van der Waals surface area contributed by atoms with Crippen molar-refractivity contribution in [3.05, 3.63) is 35.9 Å². The lowest BCUT2D eigenvalue weighted by Crippen LogP contribution is -2.40. The SMILES string of the molecule is CC(=O)CC[C@H](NCC(=O)c1ccccc1)C(=O)O. The second-order valence-corrected chi connectivity index (χ2v) is 4.30. The third-order valence-electron chi connectivity index (χ3n) is 2.69. The van der Waals surface area contributed by atoms with E-state index < -0.39 is 12.0 Å². The zero-order valence-corrected chi connectivity index (χ0v) is 10.8. The van der Waals surface area contributed by atoms with E-state index in [1.165, 1.54) is 6.92 Å². The molecule has 1 atom stereocenters. The summed E-state index contributed by atoms with van der Waals surface area (Å²) in [6, 6.07) is 7.77. The van der Waals surface area contributed by atoms with Gasteiger partial charge in [0.2, 0.25) is 0 Å². The molecule has 0 aromatic heterocycles. The molecule has 0 aliphatic heterocycles. The number of carboxylic acids is 1. The quantitative estimate of drug-likeness (QED) is 0.690. The summed E-state index contributed by atoms with van der Waals surface area (Å²) in [7, 11) is 0. The fourth-order valence-electron chi connectivity index (χ4n) is 1.60. The lowest BCUT2D eigenvalue weighted by Gasteiger charge is -2.13. The van der Waals surface area contributed by atoms with Crippen LogP contribution in [0.15, 0.2) is 30.3 Å². The van der Waals surface area contributed by atoms with Crippen LogP contribution in [0.2, 0.25) is 0 Å². The Morgan fingerprint density at radius 3 is 2.37 bits per heavy atom. The minimum Gasteiger partial charge on any atom is -0.480 e. The number of Topliss-reactive ketones (excluding diaryl/α,β-unsaturated/α-hetero) is 2. The lowest BCUT2D eigenvalue weighted by molar-refractivity contribution is -0.139. The van der Waals surface area contributed by atoms with E-state index in [4.69, 9.17) is 5.11 Å². The molecule has 0 bridgehead atoms. The Morgan fingerprint density at radius 1 is 1.21 bits per heavy atom. The van der Waals surface area contributed by atoms with Crippen LogP contribution in [0.25, 0.3) is 0 Å². The van der Waals surface area contributed by atoms with Gasteiger partial charge >= 0.3 is 5.97 Å². The van der Waals surface area contributed by atoms with E-state index in [2.05, 4.69) is 5.32 Å². The van der Waals surface area contributed by atoms with Crippen LogP contribution in [0.5, 0.6) is 0 Å². The van der Waals surface area contributed by atoms with Crippen molar-refractivity contribution in [3.63, 3.8) is 0 Å². The molecule has 5 nitrogen and oxygen atoms in total. The largest absolute Gasteiger partial charge is 0.480 e. The molecule has 0 saturated carbocycles. The van der Waals surface area contributed by atoms with Crippen LogP contribution in [0, 0.1) is 0 Å².